The number of hydrogen-bond donors (Lipinski definition) is 1. The van der Waals surface area contributed by atoms with Crippen LogP contribution in [0.2, 0.25) is 0 Å². The van der Waals surface area contributed by atoms with Crippen molar-refractivity contribution in [1.29, 1.82) is 0 Å². The summed E-state index contributed by atoms with van der Waals surface area (Å²) in [6, 6.07) is 4.28. The molecule has 2 nitrogen and oxygen atoms in total. The van der Waals surface area contributed by atoms with Crippen LogP contribution in [0.3, 0.4) is 0 Å². The maximum Gasteiger partial charge on any atom is 0.0646 e. The van der Waals surface area contributed by atoms with Gasteiger partial charge in [-0.3, -0.25) is 0 Å². The molecule has 1 aromatic rings. The summed E-state index contributed by atoms with van der Waals surface area (Å²) >= 11 is 1.81. The molecule has 0 amide bonds. The number of rotatable bonds is 3. The zero-order valence-electron chi connectivity index (χ0n) is 8.37. The van der Waals surface area contributed by atoms with E-state index in [1.165, 1.54) is 4.88 Å². The van der Waals surface area contributed by atoms with Crippen molar-refractivity contribution in [2.75, 3.05) is 13.2 Å². The van der Waals surface area contributed by atoms with Crippen LogP contribution in [0.15, 0.2) is 17.5 Å². The molecule has 0 radical (unpaired) electrons. The average molecular weight is 211 g/mol. The average Bonchev–Trinajstić information content (AvgIpc) is 2.69. The highest BCUT2D eigenvalue weighted by Gasteiger charge is 2.27. The largest absolute Gasteiger partial charge is 0.380 e. The summed E-state index contributed by atoms with van der Waals surface area (Å²) in [7, 11) is 0. The Bertz CT molecular complexity index is 265. The van der Waals surface area contributed by atoms with E-state index in [1.807, 2.05) is 11.3 Å². The Morgan fingerprint density at radius 3 is 3.14 bits per heavy atom. The first-order valence-electron chi connectivity index (χ1n) is 5.18. The van der Waals surface area contributed by atoms with E-state index in [2.05, 4.69) is 17.5 Å². The summed E-state index contributed by atoms with van der Waals surface area (Å²) in [5, 5.41) is 2.12. The monoisotopic (exact) mass is 211 g/mol. The van der Waals surface area contributed by atoms with Crippen molar-refractivity contribution in [3.63, 3.8) is 0 Å². The Morgan fingerprint density at radius 1 is 1.57 bits per heavy atom. The lowest BCUT2D eigenvalue weighted by molar-refractivity contribution is 0.0347. The number of nitrogens with two attached hydrogens (primary N) is 1. The van der Waals surface area contributed by atoms with Gasteiger partial charge in [-0.1, -0.05) is 6.07 Å². The van der Waals surface area contributed by atoms with E-state index in [1.54, 1.807) is 0 Å². The Hall–Kier alpha value is -0.380. The minimum absolute atomic E-state index is 0.0672. The molecule has 1 aromatic heterocycles. The fraction of sp³-hybridized carbons (Fsp3) is 0.636. The summed E-state index contributed by atoms with van der Waals surface area (Å²) in [6.45, 7) is 1.62. The molecule has 0 aromatic carbocycles. The van der Waals surface area contributed by atoms with Gasteiger partial charge >= 0.3 is 0 Å². The second-order valence-corrected chi connectivity index (χ2v) is 5.13. The van der Waals surface area contributed by atoms with Crippen LogP contribution in [-0.4, -0.2) is 18.8 Å². The smallest absolute Gasteiger partial charge is 0.0646 e. The zero-order valence-corrected chi connectivity index (χ0v) is 9.19. The molecule has 0 spiro atoms. The molecule has 14 heavy (non-hydrogen) atoms. The van der Waals surface area contributed by atoms with Crippen LogP contribution >= 0.6 is 11.3 Å². The molecule has 0 saturated carbocycles. The molecule has 1 aliphatic heterocycles. The molecular weight excluding hydrogens is 194 g/mol. The van der Waals surface area contributed by atoms with Gasteiger partial charge < -0.3 is 10.5 Å². The van der Waals surface area contributed by atoms with Crippen molar-refractivity contribution in [2.45, 2.75) is 31.2 Å². The summed E-state index contributed by atoms with van der Waals surface area (Å²) in [4.78, 5) is 1.43. The van der Waals surface area contributed by atoms with Gasteiger partial charge in [-0.15, -0.1) is 11.3 Å². The first kappa shape index (κ1) is 10.1. The molecule has 0 aliphatic carbocycles. The summed E-state index contributed by atoms with van der Waals surface area (Å²) in [5.74, 6) is 0. The van der Waals surface area contributed by atoms with Crippen LogP contribution in [0, 0.1) is 0 Å². The van der Waals surface area contributed by atoms with Crippen molar-refractivity contribution in [3.05, 3.63) is 22.4 Å². The molecule has 1 aliphatic rings. The standard InChI is InChI=1S/C11H17NOS/c12-11(5-2-7-13-9-11)6-4-10-3-1-8-14-10/h1,3,8H,2,4-7,9,12H2. The van der Waals surface area contributed by atoms with E-state index in [4.69, 9.17) is 10.5 Å². The van der Waals surface area contributed by atoms with Crippen LogP contribution < -0.4 is 5.73 Å². The van der Waals surface area contributed by atoms with Gasteiger partial charge in [0.2, 0.25) is 0 Å². The fourth-order valence-electron chi connectivity index (χ4n) is 1.90. The fourth-order valence-corrected chi connectivity index (χ4v) is 2.61. The second kappa shape index (κ2) is 4.43. The number of aryl methyl sites for hydroxylation is 1. The van der Waals surface area contributed by atoms with Gasteiger partial charge in [-0.05, 0) is 37.1 Å². The zero-order chi connectivity index (χ0) is 9.86. The highest BCUT2D eigenvalue weighted by molar-refractivity contribution is 7.09. The molecule has 78 valence electrons. The topological polar surface area (TPSA) is 35.2 Å². The molecule has 1 saturated heterocycles. The second-order valence-electron chi connectivity index (χ2n) is 4.10. The number of ether oxygens (including phenoxy) is 1. The maximum atomic E-state index is 6.26. The summed E-state index contributed by atoms with van der Waals surface area (Å²) < 4.78 is 5.43. The van der Waals surface area contributed by atoms with E-state index in [-0.39, 0.29) is 5.54 Å². The molecule has 1 unspecified atom stereocenters. The minimum atomic E-state index is -0.0672. The Morgan fingerprint density at radius 2 is 2.50 bits per heavy atom. The first-order valence-corrected chi connectivity index (χ1v) is 6.06. The minimum Gasteiger partial charge on any atom is -0.380 e. The molecule has 0 bridgehead atoms. The lowest BCUT2D eigenvalue weighted by Crippen LogP contribution is -2.47. The maximum absolute atomic E-state index is 6.26. The van der Waals surface area contributed by atoms with Crippen LogP contribution in [0.25, 0.3) is 0 Å². The third-order valence-electron chi connectivity index (χ3n) is 2.80. The van der Waals surface area contributed by atoms with Crippen molar-refractivity contribution < 1.29 is 4.74 Å². The third-order valence-corrected chi connectivity index (χ3v) is 3.74. The van der Waals surface area contributed by atoms with Crippen LogP contribution in [0.5, 0.6) is 0 Å². The molecule has 3 heteroatoms. The predicted octanol–water partition coefficient (Wildman–Crippen LogP) is 2.19. The van der Waals surface area contributed by atoms with E-state index in [9.17, 15) is 0 Å². The first-order chi connectivity index (χ1) is 6.79. The highest BCUT2D eigenvalue weighted by atomic mass is 32.1. The summed E-state index contributed by atoms with van der Waals surface area (Å²) in [5.41, 5.74) is 6.19. The van der Waals surface area contributed by atoms with Gasteiger partial charge in [0, 0.05) is 17.0 Å². The number of thiophene rings is 1. The van der Waals surface area contributed by atoms with Gasteiger partial charge in [-0.2, -0.15) is 0 Å². The van der Waals surface area contributed by atoms with E-state index < -0.39 is 0 Å². The lowest BCUT2D eigenvalue weighted by Gasteiger charge is -2.33. The van der Waals surface area contributed by atoms with E-state index in [0.29, 0.717) is 0 Å². The highest BCUT2D eigenvalue weighted by Crippen LogP contribution is 2.23. The predicted molar refractivity (Wildman–Crippen MR) is 59.6 cm³/mol. The van der Waals surface area contributed by atoms with Crippen LogP contribution in [0.1, 0.15) is 24.1 Å². The molecule has 1 atom stereocenters. The molecule has 1 fully saturated rings. The van der Waals surface area contributed by atoms with Crippen molar-refractivity contribution in [3.8, 4) is 0 Å². The lowest BCUT2D eigenvalue weighted by atomic mass is 9.88. The van der Waals surface area contributed by atoms with Crippen molar-refractivity contribution >= 4 is 11.3 Å². The Balaban J connectivity index is 1.84. The van der Waals surface area contributed by atoms with Gasteiger partial charge in [0.05, 0.1) is 6.61 Å². The SMILES string of the molecule is NC1(CCc2cccs2)CCCOC1. The molecule has 2 N–H and O–H groups in total. The quantitative estimate of drug-likeness (QED) is 0.831. The van der Waals surface area contributed by atoms with Crippen LogP contribution in [0.4, 0.5) is 0 Å². The van der Waals surface area contributed by atoms with E-state index in [0.717, 1.165) is 38.9 Å². The van der Waals surface area contributed by atoms with E-state index >= 15 is 0 Å². The van der Waals surface area contributed by atoms with Gasteiger partial charge in [0.1, 0.15) is 0 Å². The van der Waals surface area contributed by atoms with Gasteiger partial charge in [0.15, 0.2) is 0 Å². The summed E-state index contributed by atoms with van der Waals surface area (Å²) in [6.07, 6.45) is 4.37. The van der Waals surface area contributed by atoms with Crippen molar-refractivity contribution in [2.24, 2.45) is 5.73 Å². The Labute approximate surface area is 89.1 Å². The van der Waals surface area contributed by atoms with Gasteiger partial charge in [-0.25, -0.2) is 0 Å². The molecular formula is C11H17NOS. The van der Waals surface area contributed by atoms with Crippen molar-refractivity contribution in [1.82, 2.24) is 0 Å². The Kier molecular flexibility index (Phi) is 3.21. The van der Waals surface area contributed by atoms with Crippen LogP contribution in [-0.2, 0) is 11.2 Å². The van der Waals surface area contributed by atoms with Gasteiger partial charge in [0.25, 0.3) is 0 Å². The third kappa shape index (κ3) is 2.56. The normalized spacial score (nSPS) is 27.8. The molecule has 2 heterocycles. The molecule has 2 rings (SSSR count). The number of hydrogen-bond acceptors (Lipinski definition) is 3.